The van der Waals surface area contributed by atoms with E-state index in [1.807, 2.05) is 0 Å². The lowest BCUT2D eigenvalue weighted by atomic mass is 10.3. The van der Waals surface area contributed by atoms with Crippen LogP contribution in [-0.4, -0.2) is 37.7 Å². The molecule has 0 saturated carbocycles. The highest BCUT2D eigenvalue weighted by molar-refractivity contribution is 5.91. The molecule has 0 radical (unpaired) electrons. The van der Waals surface area contributed by atoms with Crippen molar-refractivity contribution in [1.29, 1.82) is 0 Å². The molecule has 2 rings (SSSR count). The summed E-state index contributed by atoms with van der Waals surface area (Å²) in [5.74, 6) is 0.326. The van der Waals surface area contributed by atoms with Gasteiger partial charge in [0, 0.05) is 0 Å². The number of carbonyl (C=O) groups excluding carboxylic acids is 2. The first-order valence-electron chi connectivity index (χ1n) is 7.51. The highest BCUT2D eigenvalue weighted by Crippen LogP contribution is 2.30. The molecule has 1 heterocycles. The Balaban J connectivity index is 2.16. The highest BCUT2D eigenvalue weighted by Gasteiger charge is 2.09. The molecule has 0 bridgehead atoms. The Morgan fingerprint density at radius 1 is 1.15 bits per heavy atom. The smallest absolute Gasteiger partial charge is 0.437 e. The first-order valence-corrected chi connectivity index (χ1v) is 7.51. The fourth-order valence-corrected chi connectivity index (χ4v) is 1.83. The predicted octanol–water partition coefficient (Wildman–Crippen LogP) is 2.38. The summed E-state index contributed by atoms with van der Waals surface area (Å²) in [5.41, 5.74) is 6.44. The summed E-state index contributed by atoms with van der Waals surface area (Å²) in [6.07, 6.45) is -0.865. The van der Waals surface area contributed by atoms with Gasteiger partial charge in [0.2, 0.25) is 5.91 Å². The molecule has 0 aliphatic carbocycles. The molecule has 10 nitrogen and oxygen atoms in total. The van der Waals surface area contributed by atoms with Gasteiger partial charge >= 0.3 is 6.16 Å². The Kier molecular flexibility index (Phi) is 6.57. The van der Waals surface area contributed by atoms with Gasteiger partial charge in [-0.05, 0) is 31.3 Å². The third-order valence-electron chi connectivity index (χ3n) is 3.00. The second-order valence-corrected chi connectivity index (χ2v) is 4.90. The summed E-state index contributed by atoms with van der Waals surface area (Å²) in [4.78, 5) is 26.8. The normalized spacial score (nSPS) is 10.5. The lowest BCUT2D eigenvalue weighted by Crippen LogP contribution is -2.25. The van der Waals surface area contributed by atoms with Gasteiger partial charge in [-0.15, -0.1) is 10.2 Å². The Labute approximate surface area is 149 Å². The molecule has 10 heteroatoms. The van der Waals surface area contributed by atoms with Gasteiger partial charge < -0.3 is 25.8 Å². The maximum absolute atomic E-state index is 11.5. The number of azo groups is 1. The SMILES string of the molecule is CNCC(=O)Nc1ccc(/N=N/c2ccccc2OC(=O)OC)c(N)n1. The van der Waals surface area contributed by atoms with Gasteiger partial charge in [0.25, 0.3) is 0 Å². The van der Waals surface area contributed by atoms with Gasteiger partial charge in [0.1, 0.15) is 17.2 Å². The number of hydrogen-bond donors (Lipinski definition) is 3. The largest absolute Gasteiger partial charge is 0.513 e. The number of methoxy groups -OCH3 is 1. The molecule has 0 unspecified atom stereocenters. The molecule has 26 heavy (non-hydrogen) atoms. The van der Waals surface area contributed by atoms with Crippen molar-refractivity contribution in [2.75, 3.05) is 31.8 Å². The van der Waals surface area contributed by atoms with Crippen LogP contribution in [0.3, 0.4) is 0 Å². The van der Waals surface area contributed by atoms with E-state index < -0.39 is 6.16 Å². The zero-order chi connectivity index (χ0) is 18.9. The Morgan fingerprint density at radius 2 is 1.88 bits per heavy atom. The third-order valence-corrected chi connectivity index (χ3v) is 3.00. The van der Waals surface area contributed by atoms with Crippen molar-refractivity contribution in [2.24, 2.45) is 10.2 Å². The van der Waals surface area contributed by atoms with E-state index in [1.165, 1.54) is 7.11 Å². The number of para-hydroxylation sites is 1. The lowest BCUT2D eigenvalue weighted by molar-refractivity contribution is -0.115. The topological polar surface area (TPSA) is 140 Å². The van der Waals surface area contributed by atoms with Crippen molar-refractivity contribution >= 4 is 35.1 Å². The van der Waals surface area contributed by atoms with E-state index in [4.69, 9.17) is 10.5 Å². The number of aromatic nitrogens is 1. The van der Waals surface area contributed by atoms with Crippen molar-refractivity contribution in [1.82, 2.24) is 10.3 Å². The maximum atomic E-state index is 11.5. The predicted molar refractivity (Wildman–Crippen MR) is 94.9 cm³/mol. The van der Waals surface area contributed by atoms with Gasteiger partial charge in [-0.25, -0.2) is 9.78 Å². The molecule has 1 aromatic carbocycles. The number of nitrogen functional groups attached to an aromatic ring is 1. The minimum Gasteiger partial charge on any atom is -0.437 e. The van der Waals surface area contributed by atoms with E-state index in [1.54, 1.807) is 43.4 Å². The molecule has 0 atom stereocenters. The van der Waals surface area contributed by atoms with Gasteiger partial charge in [-0.3, -0.25) is 4.79 Å². The summed E-state index contributed by atoms with van der Waals surface area (Å²) in [6.45, 7) is 0.153. The summed E-state index contributed by atoms with van der Waals surface area (Å²) in [6, 6.07) is 9.65. The maximum Gasteiger partial charge on any atom is 0.513 e. The monoisotopic (exact) mass is 358 g/mol. The van der Waals surface area contributed by atoms with Crippen LogP contribution in [0.1, 0.15) is 0 Å². The number of pyridine rings is 1. The number of carbonyl (C=O) groups is 2. The van der Waals surface area contributed by atoms with Crippen LogP contribution in [0.2, 0.25) is 0 Å². The molecule has 1 aromatic heterocycles. The Bertz CT molecular complexity index is 824. The van der Waals surface area contributed by atoms with Gasteiger partial charge in [-0.1, -0.05) is 12.1 Å². The van der Waals surface area contributed by atoms with Crippen molar-refractivity contribution in [3.05, 3.63) is 36.4 Å². The Hall–Kier alpha value is -3.53. The second-order valence-electron chi connectivity index (χ2n) is 4.90. The van der Waals surface area contributed by atoms with Gasteiger partial charge in [0.05, 0.1) is 13.7 Å². The van der Waals surface area contributed by atoms with Crippen LogP contribution < -0.4 is 21.1 Å². The minimum absolute atomic E-state index is 0.0855. The van der Waals surface area contributed by atoms with Crippen molar-refractivity contribution in [2.45, 2.75) is 0 Å². The number of nitrogens with zero attached hydrogens (tertiary/aromatic N) is 3. The Morgan fingerprint density at radius 3 is 2.58 bits per heavy atom. The molecule has 136 valence electrons. The number of nitrogens with one attached hydrogen (secondary N) is 2. The second kappa shape index (κ2) is 9.08. The van der Waals surface area contributed by atoms with Crippen LogP contribution in [0, 0.1) is 0 Å². The molecular weight excluding hydrogens is 340 g/mol. The van der Waals surface area contributed by atoms with Gasteiger partial charge in [0.15, 0.2) is 11.6 Å². The zero-order valence-electron chi connectivity index (χ0n) is 14.2. The van der Waals surface area contributed by atoms with E-state index in [0.717, 1.165) is 0 Å². The average Bonchev–Trinajstić information content (AvgIpc) is 2.62. The molecule has 0 fully saturated rings. The summed E-state index contributed by atoms with van der Waals surface area (Å²) in [7, 11) is 2.86. The van der Waals surface area contributed by atoms with E-state index in [-0.39, 0.29) is 24.0 Å². The molecule has 1 amide bonds. The van der Waals surface area contributed by atoms with Crippen LogP contribution in [-0.2, 0) is 9.53 Å². The van der Waals surface area contributed by atoms with E-state index >= 15 is 0 Å². The average molecular weight is 358 g/mol. The van der Waals surface area contributed by atoms with Crippen LogP contribution in [0.25, 0.3) is 0 Å². The number of likely N-dealkylation sites (N-methyl/N-ethyl adjacent to an activating group) is 1. The number of nitrogens with two attached hydrogens (primary N) is 1. The number of hydrogen-bond acceptors (Lipinski definition) is 9. The summed E-state index contributed by atoms with van der Waals surface area (Å²) >= 11 is 0. The van der Waals surface area contributed by atoms with Crippen molar-refractivity contribution in [3.8, 4) is 5.75 Å². The summed E-state index contributed by atoms with van der Waals surface area (Å²) in [5, 5.41) is 13.3. The van der Waals surface area contributed by atoms with Crippen LogP contribution >= 0.6 is 0 Å². The van der Waals surface area contributed by atoms with Crippen molar-refractivity contribution in [3.63, 3.8) is 0 Å². The first kappa shape index (κ1) is 18.8. The van der Waals surface area contributed by atoms with Crippen LogP contribution in [0.4, 0.5) is 27.8 Å². The van der Waals surface area contributed by atoms with Gasteiger partial charge in [-0.2, -0.15) is 0 Å². The van der Waals surface area contributed by atoms with Crippen molar-refractivity contribution < 1.29 is 19.1 Å². The number of amides is 1. The summed E-state index contributed by atoms with van der Waals surface area (Å²) < 4.78 is 9.43. The minimum atomic E-state index is -0.865. The van der Waals surface area contributed by atoms with Crippen LogP contribution in [0.5, 0.6) is 5.75 Å². The molecule has 0 spiro atoms. The molecule has 0 aliphatic rings. The zero-order valence-corrected chi connectivity index (χ0v) is 14.2. The van der Waals surface area contributed by atoms with E-state index in [0.29, 0.717) is 17.2 Å². The lowest BCUT2D eigenvalue weighted by Gasteiger charge is -2.06. The number of benzene rings is 1. The highest BCUT2D eigenvalue weighted by atomic mass is 16.7. The molecule has 2 aromatic rings. The molecular formula is C16H18N6O4. The number of anilines is 2. The third kappa shape index (κ3) is 5.24. The molecule has 4 N–H and O–H groups in total. The van der Waals surface area contributed by atoms with E-state index in [2.05, 4.69) is 30.6 Å². The molecule has 0 aliphatic heterocycles. The first-order chi connectivity index (χ1) is 12.5. The fraction of sp³-hybridized carbons (Fsp3) is 0.188. The number of ether oxygens (including phenoxy) is 2. The van der Waals surface area contributed by atoms with E-state index in [9.17, 15) is 9.59 Å². The fourth-order valence-electron chi connectivity index (χ4n) is 1.83. The quantitative estimate of drug-likeness (QED) is 0.409. The molecule has 0 saturated heterocycles. The van der Waals surface area contributed by atoms with Crippen LogP contribution in [0.15, 0.2) is 46.6 Å². The standard InChI is InChI=1S/C16H18N6O4/c1-18-9-14(23)19-13-8-7-11(15(17)20-13)22-21-10-5-3-4-6-12(10)26-16(24)25-2/h3-8,18H,9H2,1-2H3,(H3,17,19,20,23)/b22-21+. The number of rotatable bonds is 6.